The largest absolute Gasteiger partial charge is 0.370 e. The Kier molecular flexibility index (Phi) is 4.22. The van der Waals surface area contributed by atoms with E-state index >= 15 is 0 Å². The molecule has 1 fully saturated rings. The lowest BCUT2D eigenvalue weighted by atomic mass is 9.95. The molecule has 0 aliphatic heterocycles. The van der Waals surface area contributed by atoms with Crippen molar-refractivity contribution in [2.75, 3.05) is 0 Å². The molecule has 0 aromatic carbocycles. The van der Waals surface area contributed by atoms with Crippen molar-refractivity contribution in [3.63, 3.8) is 0 Å². The number of hydrogen-bond acceptors (Lipinski definition) is 2. The molecule has 1 aliphatic carbocycles. The van der Waals surface area contributed by atoms with E-state index in [-0.39, 0.29) is 11.9 Å². The standard InChI is InChI=1S/C10H20N2O/c1-8(7-10(11)13)12-9-5-3-2-4-6-9/h8-9,12H,2-7H2,1H3,(H2,11,13). The number of nitrogens with one attached hydrogen (secondary N) is 1. The van der Waals surface area contributed by atoms with Crippen LogP contribution in [0, 0.1) is 0 Å². The van der Waals surface area contributed by atoms with E-state index in [0.717, 1.165) is 0 Å². The summed E-state index contributed by atoms with van der Waals surface area (Å²) < 4.78 is 0. The molecule has 3 nitrogen and oxygen atoms in total. The fourth-order valence-corrected chi connectivity index (χ4v) is 2.03. The lowest BCUT2D eigenvalue weighted by molar-refractivity contribution is -0.118. The number of carbonyl (C=O) groups is 1. The van der Waals surface area contributed by atoms with E-state index in [2.05, 4.69) is 5.32 Å². The van der Waals surface area contributed by atoms with E-state index in [1.54, 1.807) is 0 Å². The van der Waals surface area contributed by atoms with Gasteiger partial charge in [0, 0.05) is 18.5 Å². The summed E-state index contributed by atoms with van der Waals surface area (Å²) in [7, 11) is 0. The summed E-state index contributed by atoms with van der Waals surface area (Å²) in [5, 5.41) is 3.45. The van der Waals surface area contributed by atoms with Crippen LogP contribution in [0.3, 0.4) is 0 Å². The number of amides is 1. The van der Waals surface area contributed by atoms with Crippen LogP contribution < -0.4 is 11.1 Å². The third-order valence-electron chi connectivity index (χ3n) is 2.63. The highest BCUT2D eigenvalue weighted by atomic mass is 16.1. The minimum Gasteiger partial charge on any atom is -0.370 e. The van der Waals surface area contributed by atoms with E-state index < -0.39 is 0 Å². The molecule has 1 unspecified atom stereocenters. The van der Waals surface area contributed by atoms with Gasteiger partial charge < -0.3 is 11.1 Å². The molecule has 1 aliphatic rings. The fraction of sp³-hybridized carbons (Fsp3) is 0.900. The first-order valence-corrected chi connectivity index (χ1v) is 5.23. The lowest BCUT2D eigenvalue weighted by Crippen LogP contribution is -2.39. The molecular formula is C10H20N2O. The number of carbonyl (C=O) groups excluding carboxylic acids is 1. The summed E-state index contributed by atoms with van der Waals surface area (Å²) in [6.45, 7) is 2.03. The first-order valence-electron chi connectivity index (χ1n) is 5.23. The van der Waals surface area contributed by atoms with Gasteiger partial charge in [-0.3, -0.25) is 4.79 Å². The van der Waals surface area contributed by atoms with Gasteiger partial charge in [0.1, 0.15) is 0 Å². The highest BCUT2D eigenvalue weighted by Crippen LogP contribution is 2.17. The van der Waals surface area contributed by atoms with Gasteiger partial charge in [-0.2, -0.15) is 0 Å². The van der Waals surface area contributed by atoms with Crippen molar-refractivity contribution in [1.29, 1.82) is 0 Å². The zero-order valence-electron chi connectivity index (χ0n) is 8.38. The van der Waals surface area contributed by atoms with Gasteiger partial charge in [-0.25, -0.2) is 0 Å². The molecule has 0 saturated heterocycles. The molecule has 76 valence electrons. The maximum atomic E-state index is 10.6. The average Bonchev–Trinajstić information content (AvgIpc) is 2.04. The fourth-order valence-electron chi connectivity index (χ4n) is 2.03. The average molecular weight is 184 g/mol. The van der Waals surface area contributed by atoms with Gasteiger partial charge in [0.2, 0.25) is 5.91 Å². The third kappa shape index (κ3) is 4.27. The van der Waals surface area contributed by atoms with Gasteiger partial charge in [0.15, 0.2) is 0 Å². The van der Waals surface area contributed by atoms with Crippen molar-refractivity contribution in [2.24, 2.45) is 5.73 Å². The van der Waals surface area contributed by atoms with E-state index in [1.807, 2.05) is 6.92 Å². The van der Waals surface area contributed by atoms with Crippen LogP contribution in [-0.2, 0) is 4.79 Å². The molecule has 0 aromatic heterocycles. The Morgan fingerprint density at radius 2 is 2.08 bits per heavy atom. The van der Waals surface area contributed by atoms with Crippen LogP contribution in [0.5, 0.6) is 0 Å². The molecule has 1 saturated carbocycles. The molecule has 0 bridgehead atoms. The Balaban J connectivity index is 2.18. The van der Waals surface area contributed by atoms with Crippen molar-refractivity contribution < 1.29 is 4.79 Å². The van der Waals surface area contributed by atoms with E-state index in [1.165, 1.54) is 32.1 Å². The zero-order valence-corrected chi connectivity index (χ0v) is 8.38. The van der Waals surface area contributed by atoms with Crippen LogP contribution in [0.25, 0.3) is 0 Å². The normalized spacial score (nSPS) is 21.3. The molecule has 1 amide bonds. The summed E-state index contributed by atoms with van der Waals surface area (Å²) in [4.78, 5) is 10.6. The van der Waals surface area contributed by atoms with Crippen molar-refractivity contribution in [1.82, 2.24) is 5.32 Å². The number of rotatable bonds is 4. The molecule has 1 rings (SSSR count). The summed E-state index contributed by atoms with van der Waals surface area (Å²) in [6.07, 6.45) is 6.97. The molecule has 13 heavy (non-hydrogen) atoms. The molecule has 3 heteroatoms. The van der Waals surface area contributed by atoms with Gasteiger partial charge in [-0.15, -0.1) is 0 Å². The monoisotopic (exact) mass is 184 g/mol. The smallest absolute Gasteiger partial charge is 0.218 e. The second-order valence-electron chi connectivity index (χ2n) is 4.07. The van der Waals surface area contributed by atoms with Gasteiger partial charge in [0.05, 0.1) is 0 Å². The van der Waals surface area contributed by atoms with Crippen LogP contribution in [0.1, 0.15) is 45.4 Å². The Morgan fingerprint density at radius 3 is 2.62 bits per heavy atom. The molecule has 0 aromatic rings. The minimum absolute atomic E-state index is 0.212. The first-order chi connectivity index (χ1) is 6.18. The Bertz CT molecular complexity index is 164. The predicted molar refractivity (Wildman–Crippen MR) is 53.3 cm³/mol. The maximum Gasteiger partial charge on any atom is 0.218 e. The van der Waals surface area contributed by atoms with Gasteiger partial charge in [0.25, 0.3) is 0 Å². The minimum atomic E-state index is -0.212. The van der Waals surface area contributed by atoms with E-state index in [9.17, 15) is 4.79 Å². The van der Waals surface area contributed by atoms with Crippen molar-refractivity contribution in [2.45, 2.75) is 57.5 Å². The molecule has 0 heterocycles. The van der Waals surface area contributed by atoms with Gasteiger partial charge in [-0.1, -0.05) is 19.3 Å². The summed E-state index contributed by atoms with van der Waals surface area (Å²) in [5.41, 5.74) is 5.12. The number of primary amides is 1. The molecule has 1 atom stereocenters. The topological polar surface area (TPSA) is 55.1 Å². The van der Waals surface area contributed by atoms with Crippen LogP contribution in [0.15, 0.2) is 0 Å². The van der Waals surface area contributed by atoms with E-state index in [4.69, 9.17) is 5.73 Å². The molecule has 0 radical (unpaired) electrons. The summed E-state index contributed by atoms with van der Waals surface area (Å²) in [5.74, 6) is -0.212. The molecule has 0 spiro atoms. The van der Waals surface area contributed by atoms with Crippen LogP contribution in [0.2, 0.25) is 0 Å². The van der Waals surface area contributed by atoms with Crippen LogP contribution >= 0.6 is 0 Å². The van der Waals surface area contributed by atoms with Gasteiger partial charge >= 0.3 is 0 Å². The first kappa shape index (κ1) is 10.5. The van der Waals surface area contributed by atoms with Crippen LogP contribution in [-0.4, -0.2) is 18.0 Å². The van der Waals surface area contributed by atoms with Crippen molar-refractivity contribution in [3.05, 3.63) is 0 Å². The van der Waals surface area contributed by atoms with E-state index in [0.29, 0.717) is 12.5 Å². The van der Waals surface area contributed by atoms with Crippen LogP contribution in [0.4, 0.5) is 0 Å². The Hall–Kier alpha value is -0.570. The van der Waals surface area contributed by atoms with Gasteiger partial charge in [-0.05, 0) is 19.8 Å². The predicted octanol–water partition coefficient (Wildman–Crippen LogP) is 1.17. The second-order valence-corrected chi connectivity index (χ2v) is 4.07. The quantitative estimate of drug-likeness (QED) is 0.689. The lowest BCUT2D eigenvalue weighted by Gasteiger charge is -2.26. The highest BCUT2D eigenvalue weighted by molar-refractivity contribution is 5.74. The second kappa shape index (κ2) is 5.22. The summed E-state index contributed by atoms with van der Waals surface area (Å²) >= 11 is 0. The molecular weight excluding hydrogens is 164 g/mol. The summed E-state index contributed by atoms with van der Waals surface area (Å²) in [6, 6.07) is 0.851. The zero-order chi connectivity index (χ0) is 9.68. The number of nitrogens with two attached hydrogens (primary N) is 1. The SMILES string of the molecule is CC(CC(N)=O)NC1CCCCC1. The van der Waals surface area contributed by atoms with Crippen molar-refractivity contribution in [3.8, 4) is 0 Å². The Morgan fingerprint density at radius 1 is 1.46 bits per heavy atom. The highest BCUT2D eigenvalue weighted by Gasteiger charge is 2.15. The third-order valence-corrected chi connectivity index (χ3v) is 2.63. The molecule has 3 N–H and O–H groups in total. The number of hydrogen-bond donors (Lipinski definition) is 2. The maximum absolute atomic E-state index is 10.6. The van der Waals surface area contributed by atoms with Crippen molar-refractivity contribution >= 4 is 5.91 Å². The Labute approximate surface area is 80.1 Å².